The van der Waals surface area contributed by atoms with E-state index in [1.165, 1.54) is 18.4 Å². The third-order valence-electron chi connectivity index (χ3n) is 4.60. The highest BCUT2D eigenvalue weighted by atomic mass is 14.5. The molecule has 0 aliphatic heterocycles. The SMILES string of the molecule is N#CC1=C2CCCCC2C(C#N)C2CC=CC=C12. The predicted octanol–water partition coefficient (Wildman–Crippen LogP) is 3.65. The minimum Gasteiger partial charge on any atom is -0.198 e. The number of nitrogens with zero attached hydrogens (tertiary/aromatic N) is 2. The van der Waals surface area contributed by atoms with Crippen molar-refractivity contribution in [3.8, 4) is 12.1 Å². The Bertz CT molecular complexity index is 536. The normalized spacial score (nSPS) is 33.9. The number of hydrogen-bond acceptors (Lipinski definition) is 2. The van der Waals surface area contributed by atoms with Gasteiger partial charge in [0.2, 0.25) is 0 Å². The van der Waals surface area contributed by atoms with Gasteiger partial charge in [-0.25, -0.2) is 0 Å². The first-order valence-corrected chi connectivity index (χ1v) is 6.76. The van der Waals surface area contributed by atoms with E-state index in [9.17, 15) is 10.5 Å². The summed E-state index contributed by atoms with van der Waals surface area (Å²) in [7, 11) is 0. The molecular formula is C16H16N2. The highest BCUT2D eigenvalue weighted by Gasteiger charge is 2.41. The van der Waals surface area contributed by atoms with E-state index in [4.69, 9.17) is 0 Å². The minimum absolute atomic E-state index is 0.0774. The summed E-state index contributed by atoms with van der Waals surface area (Å²) in [5.41, 5.74) is 3.30. The molecule has 3 unspecified atom stereocenters. The van der Waals surface area contributed by atoms with Gasteiger partial charge in [-0.3, -0.25) is 0 Å². The molecule has 3 aliphatic rings. The minimum atomic E-state index is 0.0774. The Hall–Kier alpha value is -1.80. The molecular weight excluding hydrogens is 220 g/mol. The van der Waals surface area contributed by atoms with Crippen molar-refractivity contribution in [1.82, 2.24) is 0 Å². The zero-order valence-corrected chi connectivity index (χ0v) is 10.4. The lowest BCUT2D eigenvalue weighted by Gasteiger charge is -2.40. The number of rotatable bonds is 0. The number of nitriles is 2. The maximum Gasteiger partial charge on any atom is 0.0994 e. The lowest BCUT2D eigenvalue weighted by molar-refractivity contribution is 0.288. The van der Waals surface area contributed by atoms with Crippen molar-refractivity contribution in [2.75, 3.05) is 0 Å². The maximum absolute atomic E-state index is 9.52. The van der Waals surface area contributed by atoms with E-state index in [1.54, 1.807) is 0 Å². The van der Waals surface area contributed by atoms with Gasteiger partial charge in [0.05, 0.1) is 23.6 Å². The summed E-state index contributed by atoms with van der Waals surface area (Å²) >= 11 is 0. The fraction of sp³-hybridized carbons (Fsp3) is 0.500. The number of hydrogen-bond donors (Lipinski definition) is 0. The Morgan fingerprint density at radius 3 is 2.83 bits per heavy atom. The maximum atomic E-state index is 9.52. The van der Waals surface area contributed by atoms with Crippen LogP contribution < -0.4 is 0 Å². The molecule has 0 N–H and O–H groups in total. The Morgan fingerprint density at radius 1 is 1.17 bits per heavy atom. The molecule has 1 saturated carbocycles. The standard InChI is InChI=1S/C16H16N2/c17-9-15-11-5-1-2-6-12(11)16(10-18)14-8-4-3-7-13(14)15/h1-2,5,12,14,16H,3-4,6-8H2. The largest absolute Gasteiger partial charge is 0.198 e. The molecule has 18 heavy (non-hydrogen) atoms. The predicted molar refractivity (Wildman–Crippen MR) is 69.0 cm³/mol. The molecule has 1 fully saturated rings. The van der Waals surface area contributed by atoms with Gasteiger partial charge in [0.15, 0.2) is 0 Å². The summed E-state index contributed by atoms with van der Waals surface area (Å²) in [6.07, 6.45) is 11.6. The van der Waals surface area contributed by atoms with Crippen molar-refractivity contribution in [2.45, 2.75) is 32.1 Å². The van der Waals surface area contributed by atoms with E-state index < -0.39 is 0 Å². The zero-order valence-electron chi connectivity index (χ0n) is 10.4. The smallest absolute Gasteiger partial charge is 0.0994 e. The molecule has 0 aromatic rings. The molecule has 2 heteroatoms. The molecule has 3 aliphatic carbocycles. The van der Waals surface area contributed by atoms with Crippen molar-refractivity contribution in [2.24, 2.45) is 17.8 Å². The Morgan fingerprint density at radius 2 is 2.06 bits per heavy atom. The fourth-order valence-corrected chi connectivity index (χ4v) is 3.78. The summed E-state index contributed by atoms with van der Waals surface area (Å²) in [6.45, 7) is 0. The molecule has 90 valence electrons. The molecule has 0 amide bonds. The van der Waals surface area contributed by atoms with E-state index in [2.05, 4.69) is 24.3 Å². The van der Waals surface area contributed by atoms with Gasteiger partial charge in [0, 0.05) is 5.92 Å². The van der Waals surface area contributed by atoms with Gasteiger partial charge in [0.1, 0.15) is 0 Å². The number of fused-ring (bicyclic) bond motifs is 2. The van der Waals surface area contributed by atoms with Crippen LogP contribution >= 0.6 is 0 Å². The molecule has 2 nitrogen and oxygen atoms in total. The fourth-order valence-electron chi connectivity index (χ4n) is 3.78. The number of allylic oxidation sites excluding steroid dienone is 6. The van der Waals surface area contributed by atoms with Gasteiger partial charge >= 0.3 is 0 Å². The van der Waals surface area contributed by atoms with Gasteiger partial charge in [-0.1, -0.05) is 24.6 Å². The molecule has 0 saturated heterocycles. The Kier molecular flexibility index (Phi) is 2.80. The summed E-state index contributed by atoms with van der Waals surface area (Å²) in [6, 6.07) is 4.94. The van der Waals surface area contributed by atoms with Gasteiger partial charge in [-0.2, -0.15) is 10.5 Å². The summed E-state index contributed by atoms with van der Waals surface area (Å²) in [4.78, 5) is 0. The second-order valence-corrected chi connectivity index (χ2v) is 5.41. The summed E-state index contributed by atoms with van der Waals surface area (Å²) in [5, 5.41) is 19.0. The van der Waals surface area contributed by atoms with Gasteiger partial charge in [0.25, 0.3) is 0 Å². The van der Waals surface area contributed by atoms with E-state index in [0.717, 1.165) is 30.4 Å². The molecule has 0 heterocycles. The molecule has 0 radical (unpaired) electrons. The van der Waals surface area contributed by atoms with E-state index >= 15 is 0 Å². The topological polar surface area (TPSA) is 47.6 Å². The van der Waals surface area contributed by atoms with Gasteiger partial charge in [-0.15, -0.1) is 0 Å². The monoisotopic (exact) mass is 236 g/mol. The lowest BCUT2D eigenvalue weighted by Crippen LogP contribution is -2.33. The Balaban J connectivity index is 2.16. The second-order valence-electron chi connectivity index (χ2n) is 5.41. The van der Waals surface area contributed by atoms with Crippen molar-refractivity contribution in [3.63, 3.8) is 0 Å². The second kappa shape index (κ2) is 4.46. The van der Waals surface area contributed by atoms with Crippen LogP contribution in [0.3, 0.4) is 0 Å². The van der Waals surface area contributed by atoms with Crippen LogP contribution in [-0.2, 0) is 0 Å². The molecule has 0 aromatic heterocycles. The van der Waals surface area contributed by atoms with Crippen molar-refractivity contribution in [1.29, 1.82) is 10.5 Å². The van der Waals surface area contributed by atoms with Crippen LogP contribution in [0.4, 0.5) is 0 Å². The third kappa shape index (κ3) is 1.53. The highest BCUT2D eigenvalue weighted by Crippen LogP contribution is 2.49. The third-order valence-corrected chi connectivity index (χ3v) is 4.60. The first-order valence-electron chi connectivity index (χ1n) is 6.76. The van der Waals surface area contributed by atoms with E-state index in [1.807, 2.05) is 6.08 Å². The highest BCUT2D eigenvalue weighted by molar-refractivity contribution is 5.54. The molecule has 3 atom stereocenters. The molecule has 0 spiro atoms. The molecule has 3 rings (SSSR count). The molecule has 0 aromatic carbocycles. The van der Waals surface area contributed by atoms with Crippen LogP contribution in [0.1, 0.15) is 32.1 Å². The first-order chi connectivity index (χ1) is 8.86. The zero-order chi connectivity index (χ0) is 12.5. The van der Waals surface area contributed by atoms with Crippen LogP contribution in [0.5, 0.6) is 0 Å². The molecule has 0 bridgehead atoms. The van der Waals surface area contributed by atoms with Crippen LogP contribution in [0.25, 0.3) is 0 Å². The summed E-state index contributed by atoms with van der Waals surface area (Å²) in [5.74, 6) is 0.669. The van der Waals surface area contributed by atoms with Crippen LogP contribution in [0, 0.1) is 40.4 Å². The van der Waals surface area contributed by atoms with E-state index in [-0.39, 0.29) is 11.8 Å². The summed E-state index contributed by atoms with van der Waals surface area (Å²) < 4.78 is 0. The Labute approximate surface area is 108 Å². The van der Waals surface area contributed by atoms with Crippen LogP contribution in [0.2, 0.25) is 0 Å². The van der Waals surface area contributed by atoms with Crippen LogP contribution in [0.15, 0.2) is 34.9 Å². The van der Waals surface area contributed by atoms with Crippen molar-refractivity contribution >= 4 is 0 Å². The lowest BCUT2D eigenvalue weighted by atomic mass is 9.61. The van der Waals surface area contributed by atoms with Crippen LogP contribution in [-0.4, -0.2) is 0 Å². The average molecular weight is 236 g/mol. The first kappa shape index (κ1) is 11.3. The van der Waals surface area contributed by atoms with Crippen molar-refractivity contribution in [3.05, 3.63) is 34.9 Å². The van der Waals surface area contributed by atoms with Gasteiger partial charge in [-0.05, 0) is 42.7 Å². The van der Waals surface area contributed by atoms with Gasteiger partial charge < -0.3 is 0 Å². The quantitative estimate of drug-likeness (QED) is 0.644. The average Bonchev–Trinajstić information content (AvgIpc) is 2.44. The van der Waals surface area contributed by atoms with Crippen molar-refractivity contribution < 1.29 is 0 Å². The van der Waals surface area contributed by atoms with E-state index in [0.29, 0.717) is 5.92 Å².